The van der Waals surface area contributed by atoms with Gasteiger partial charge in [0.15, 0.2) is 5.78 Å². The van der Waals surface area contributed by atoms with Gasteiger partial charge in [0, 0.05) is 43.9 Å². The van der Waals surface area contributed by atoms with Crippen molar-refractivity contribution in [2.24, 2.45) is 5.73 Å². The van der Waals surface area contributed by atoms with Crippen LogP contribution in [0.5, 0.6) is 0 Å². The molecule has 2 aliphatic rings. The first kappa shape index (κ1) is 22.7. The quantitative estimate of drug-likeness (QED) is 0.739. The summed E-state index contributed by atoms with van der Waals surface area (Å²) in [6.07, 6.45) is 1.51. The van der Waals surface area contributed by atoms with Crippen molar-refractivity contribution in [2.45, 2.75) is 38.3 Å². The Bertz CT molecular complexity index is 1110. The van der Waals surface area contributed by atoms with E-state index in [4.69, 9.17) is 5.73 Å². The van der Waals surface area contributed by atoms with Crippen molar-refractivity contribution < 1.29 is 23.2 Å². The molecule has 33 heavy (non-hydrogen) atoms. The van der Waals surface area contributed by atoms with Gasteiger partial charge >= 0.3 is 6.03 Å². The number of hydrogen-bond acceptors (Lipinski definition) is 4. The van der Waals surface area contributed by atoms with Crippen LogP contribution in [0, 0.1) is 11.6 Å². The van der Waals surface area contributed by atoms with E-state index in [1.165, 1.54) is 24.3 Å². The molecule has 2 heterocycles. The summed E-state index contributed by atoms with van der Waals surface area (Å²) < 4.78 is 27.3. The highest BCUT2D eigenvalue weighted by Crippen LogP contribution is 2.42. The van der Waals surface area contributed by atoms with E-state index in [1.807, 2.05) is 6.92 Å². The van der Waals surface area contributed by atoms with Crippen molar-refractivity contribution >= 4 is 23.4 Å². The number of nitrogens with zero attached hydrogens (tertiary/aromatic N) is 2. The Morgan fingerprint density at radius 2 is 1.85 bits per heavy atom. The van der Waals surface area contributed by atoms with Gasteiger partial charge in [-0.05, 0) is 55.7 Å². The number of amides is 3. The molecule has 1 spiro atoms. The van der Waals surface area contributed by atoms with Gasteiger partial charge in [0.2, 0.25) is 0 Å². The Morgan fingerprint density at radius 1 is 1.12 bits per heavy atom. The number of urea groups is 1. The Kier molecular flexibility index (Phi) is 6.05. The number of halogens is 2. The van der Waals surface area contributed by atoms with E-state index < -0.39 is 23.1 Å². The van der Waals surface area contributed by atoms with Crippen molar-refractivity contribution in [3.05, 3.63) is 64.7 Å². The Hall–Kier alpha value is -3.49. The molecule has 3 amide bonds. The average Bonchev–Trinajstić information content (AvgIpc) is 2.79. The minimum Gasteiger partial charge on any atom is -0.366 e. The molecule has 2 aromatic rings. The third kappa shape index (κ3) is 4.27. The molecule has 7 nitrogen and oxygen atoms in total. The standard InChI is InChI=1S/C24H26F2N4O3/c1-2-30-20-6-4-16(25)12-18(20)21(31)13-24(30)7-9-29(10-8-24)23(33)28-14-15-3-5-19(26)17(11-15)22(27)32/h3-6,11-12H,2,7-10,13-14H2,1H3,(H2,27,32)(H,28,33). The van der Waals surface area contributed by atoms with E-state index in [9.17, 15) is 23.2 Å². The zero-order valence-electron chi connectivity index (χ0n) is 18.4. The molecule has 1 fully saturated rings. The summed E-state index contributed by atoms with van der Waals surface area (Å²) in [6, 6.07) is 8.02. The van der Waals surface area contributed by atoms with E-state index in [0.717, 1.165) is 11.8 Å². The lowest BCUT2D eigenvalue weighted by molar-refractivity contribution is 0.0884. The van der Waals surface area contributed by atoms with Crippen LogP contribution in [-0.4, -0.2) is 47.8 Å². The number of nitrogens with two attached hydrogens (primary N) is 1. The molecular weight excluding hydrogens is 430 g/mol. The number of ketones is 1. The number of nitrogens with one attached hydrogen (secondary N) is 1. The summed E-state index contributed by atoms with van der Waals surface area (Å²) >= 11 is 0. The van der Waals surface area contributed by atoms with Gasteiger partial charge in [-0.25, -0.2) is 13.6 Å². The molecule has 0 saturated carbocycles. The van der Waals surface area contributed by atoms with E-state index in [-0.39, 0.29) is 30.3 Å². The summed E-state index contributed by atoms with van der Waals surface area (Å²) in [6.45, 7) is 3.72. The van der Waals surface area contributed by atoms with Gasteiger partial charge in [0.05, 0.1) is 11.1 Å². The summed E-state index contributed by atoms with van der Waals surface area (Å²) in [4.78, 5) is 40.7. The molecule has 3 N–H and O–H groups in total. The molecule has 0 bridgehead atoms. The predicted octanol–water partition coefficient (Wildman–Crippen LogP) is 3.22. The second-order valence-corrected chi connectivity index (χ2v) is 8.55. The van der Waals surface area contributed by atoms with E-state index in [2.05, 4.69) is 10.2 Å². The molecule has 0 aliphatic carbocycles. The van der Waals surface area contributed by atoms with Crippen LogP contribution in [0.3, 0.4) is 0 Å². The maximum absolute atomic E-state index is 13.7. The minimum atomic E-state index is -0.867. The molecule has 2 aromatic carbocycles. The predicted molar refractivity (Wildman–Crippen MR) is 119 cm³/mol. The number of fused-ring (bicyclic) bond motifs is 1. The van der Waals surface area contributed by atoms with Crippen LogP contribution >= 0.6 is 0 Å². The van der Waals surface area contributed by atoms with Crippen LogP contribution in [0.15, 0.2) is 36.4 Å². The van der Waals surface area contributed by atoms with Gasteiger partial charge in [-0.15, -0.1) is 0 Å². The molecule has 9 heteroatoms. The highest BCUT2D eigenvalue weighted by Gasteiger charge is 2.46. The summed E-state index contributed by atoms with van der Waals surface area (Å²) in [5.74, 6) is -2.07. The molecule has 0 radical (unpaired) electrons. The SMILES string of the molecule is CCN1c2ccc(F)cc2C(=O)CC12CCN(C(=O)NCc1ccc(F)c(C(N)=O)c1)CC2. The second-order valence-electron chi connectivity index (χ2n) is 8.55. The summed E-state index contributed by atoms with van der Waals surface area (Å²) in [7, 11) is 0. The topological polar surface area (TPSA) is 95.7 Å². The lowest BCUT2D eigenvalue weighted by atomic mass is 9.76. The number of likely N-dealkylation sites (tertiary alicyclic amines) is 1. The van der Waals surface area contributed by atoms with Crippen LogP contribution in [0.1, 0.15) is 52.5 Å². The fourth-order valence-electron chi connectivity index (χ4n) is 4.95. The van der Waals surface area contributed by atoms with Gasteiger partial charge in [0.25, 0.3) is 5.91 Å². The summed E-state index contributed by atoms with van der Waals surface area (Å²) in [5.41, 5.74) is 6.27. The molecular formula is C24H26F2N4O3. The zero-order chi connectivity index (χ0) is 23.8. The first-order valence-electron chi connectivity index (χ1n) is 11.0. The van der Waals surface area contributed by atoms with Crippen LogP contribution in [-0.2, 0) is 6.54 Å². The molecule has 0 unspecified atom stereocenters. The molecule has 1 saturated heterocycles. The lowest BCUT2D eigenvalue weighted by Gasteiger charge is -2.52. The fraction of sp³-hybridized carbons (Fsp3) is 0.375. The maximum atomic E-state index is 13.7. The highest BCUT2D eigenvalue weighted by molar-refractivity contribution is 6.04. The molecule has 0 aromatic heterocycles. The fourth-order valence-corrected chi connectivity index (χ4v) is 4.95. The second kappa shape index (κ2) is 8.80. The van der Waals surface area contributed by atoms with Crippen molar-refractivity contribution in [3.63, 3.8) is 0 Å². The van der Waals surface area contributed by atoms with E-state index >= 15 is 0 Å². The molecule has 4 rings (SSSR count). The van der Waals surface area contributed by atoms with Gasteiger partial charge in [0.1, 0.15) is 11.6 Å². The number of Topliss-reactive ketones (excluding diaryl/α,β-unsaturated/α-hetero) is 1. The van der Waals surface area contributed by atoms with Crippen molar-refractivity contribution in [1.29, 1.82) is 0 Å². The monoisotopic (exact) mass is 456 g/mol. The van der Waals surface area contributed by atoms with Crippen molar-refractivity contribution in [2.75, 3.05) is 24.5 Å². The van der Waals surface area contributed by atoms with Crippen LogP contribution in [0.25, 0.3) is 0 Å². The Balaban J connectivity index is 1.41. The van der Waals surface area contributed by atoms with Crippen LogP contribution in [0.4, 0.5) is 19.3 Å². The third-order valence-corrected chi connectivity index (χ3v) is 6.65. The number of primary amides is 1. The first-order valence-corrected chi connectivity index (χ1v) is 11.0. The third-order valence-electron chi connectivity index (χ3n) is 6.65. The van der Waals surface area contributed by atoms with Crippen LogP contribution < -0.4 is 16.0 Å². The minimum absolute atomic E-state index is 0.0753. The van der Waals surface area contributed by atoms with Crippen LogP contribution in [0.2, 0.25) is 0 Å². The Morgan fingerprint density at radius 3 is 2.52 bits per heavy atom. The number of benzene rings is 2. The lowest BCUT2D eigenvalue weighted by Crippen LogP contribution is -2.60. The Labute approximate surface area is 190 Å². The number of carbonyl (C=O) groups excluding carboxylic acids is 3. The van der Waals surface area contributed by atoms with Crippen molar-refractivity contribution in [3.8, 4) is 0 Å². The average molecular weight is 456 g/mol. The summed E-state index contributed by atoms with van der Waals surface area (Å²) in [5, 5.41) is 2.79. The number of piperidine rings is 1. The number of rotatable bonds is 4. The normalized spacial score (nSPS) is 17.1. The largest absolute Gasteiger partial charge is 0.366 e. The smallest absolute Gasteiger partial charge is 0.317 e. The van der Waals surface area contributed by atoms with E-state index in [0.29, 0.717) is 43.6 Å². The van der Waals surface area contributed by atoms with Gasteiger partial charge < -0.3 is 20.9 Å². The molecule has 174 valence electrons. The van der Waals surface area contributed by atoms with Gasteiger partial charge in [-0.1, -0.05) is 6.07 Å². The van der Waals surface area contributed by atoms with Gasteiger partial charge in [-0.3, -0.25) is 9.59 Å². The maximum Gasteiger partial charge on any atom is 0.317 e. The highest BCUT2D eigenvalue weighted by atomic mass is 19.1. The number of carbonyl (C=O) groups is 3. The van der Waals surface area contributed by atoms with Gasteiger partial charge in [-0.2, -0.15) is 0 Å². The molecule has 0 atom stereocenters. The zero-order valence-corrected chi connectivity index (χ0v) is 18.4. The number of anilines is 1. The first-order chi connectivity index (χ1) is 15.7. The van der Waals surface area contributed by atoms with Crippen molar-refractivity contribution in [1.82, 2.24) is 10.2 Å². The molecule has 2 aliphatic heterocycles. The number of hydrogen-bond donors (Lipinski definition) is 2. The van der Waals surface area contributed by atoms with E-state index in [1.54, 1.807) is 11.0 Å².